The highest BCUT2D eigenvalue weighted by molar-refractivity contribution is 6.09. The lowest BCUT2D eigenvalue weighted by molar-refractivity contribution is -0.274. The van der Waals surface area contributed by atoms with E-state index in [1.807, 2.05) is 0 Å². The molecule has 1 unspecified atom stereocenters. The Kier molecular flexibility index (Phi) is 6.28. The summed E-state index contributed by atoms with van der Waals surface area (Å²) in [6.45, 7) is 1.08. The molecule has 32 heavy (non-hydrogen) atoms. The lowest BCUT2D eigenvalue weighted by atomic mass is 9.92. The number of alkyl halides is 3. The van der Waals surface area contributed by atoms with E-state index in [0.29, 0.717) is 5.75 Å². The summed E-state index contributed by atoms with van der Waals surface area (Å²) in [7, 11) is 1.54. The van der Waals surface area contributed by atoms with Crippen molar-refractivity contribution in [3.05, 3.63) is 59.7 Å². The number of benzene rings is 2. The molecule has 1 aliphatic heterocycles. The predicted octanol–water partition coefficient (Wildman–Crippen LogP) is 2.68. The number of hydrogen-bond acceptors (Lipinski definition) is 5. The summed E-state index contributed by atoms with van der Waals surface area (Å²) in [5, 5.41) is 5.11. The van der Waals surface area contributed by atoms with Gasteiger partial charge in [-0.25, -0.2) is 4.79 Å². The number of nitrogens with one attached hydrogen (secondary N) is 2. The normalized spacial score (nSPS) is 18.3. The summed E-state index contributed by atoms with van der Waals surface area (Å²) in [6, 6.07) is 10.8. The summed E-state index contributed by atoms with van der Waals surface area (Å²) >= 11 is 0. The Morgan fingerprint density at radius 2 is 1.66 bits per heavy atom. The zero-order valence-corrected chi connectivity index (χ0v) is 17.2. The molecule has 2 aromatic carbocycles. The molecular formula is C21H20F3N3O5. The highest BCUT2D eigenvalue weighted by atomic mass is 19.4. The Hall–Kier alpha value is -3.76. The van der Waals surface area contributed by atoms with Crippen molar-refractivity contribution in [3.8, 4) is 11.5 Å². The van der Waals surface area contributed by atoms with Gasteiger partial charge in [-0.2, -0.15) is 0 Å². The Morgan fingerprint density at radius 1 is 1.06 bits per heavy atom. The number of imide groups is 1. The average molecular weight is 451 g/mol. The molecule has 170 valence electrons. The Bertz CT molecular complexity index is 1010. The van der Waals surface area contributed by atoms with Crippen LogP contribution >= 0.6 is 0 Å². The second kappa shape index (κ2) is 8.77. The molecule has 1 aliphatic rings. The maximum absolute atomic E-state index is 12.9. The molecule has 0 aliphatic carbocycles. The van der Waals surface area contributed by atoms with Crippen molar-refractivity contribution in [1.82, 2.24) is 15.5 Å². The number of carbonyl (C=O) groups is 3. The molecule has 11 heteroatoms. The molecule has 2 aromatic rings. The number of carbonyl (C=O) groups excluding carboxylic acids is 3. The van der Waals surface area contributed by atoms with Gasteiger partial charge < -0.3 is 20.1 Å². The van der Waals surface area contributed by atoms with Crippen LogP contribution in [0.1, 0.15) is 18.1 Å². The van der Waals surface area contributed by atoms with Crippen LogP contribution in [-0.4, -0.2) is 42.8 Å². The van der Waals surface area contributed by atoms with E-state index in [4.69, 9.17) is 4.74 Å². The van der Waals surface area contributed by atoms with Crippen LogP contribution in [0.25, 0.3) is 0 Å². The fraction of sp³-hybridized carbons (Fsp3) is 0.286. The number of rotatable bonds is 7. The van der Waals surface area contributed by atoms with Crippen molar-refractivity contribution in [2.24, 2.45) is 0 Å². The van der Waals surface area contributed by atoms with Gasteiger partial charge in [0.05, 0.1) is 7.11 Å². The van der Waals surface area contributed by atoms with Crippen LogP contribution in [0, 0.1) is 0 Å². The Labute approximate surface area is 181 Å². The summed E-state index contributed by atoms with van der Waals surface area (Å²) in [4.78, 5) is 38.2. The van der Waals surface area contributed by atoms with Gasteiger partial charge in [0.2, 0.25) is 5.91 Å². The number of halogens is 3. The van der Waals surface area contributed by atoms with E-state index < -0.39 is 42.0 Å². The summed E-state index contributed by atoms with van der Waals surface area (Å²) in [6.07, 6.45) is -4.85. The number of amides is 4. The van der Waals surface area contributed by atoms with Crippen molar-refractivity contribution < 1.29 is 37.0 Å². The SMILES string of the molecule is COc1ccc(CNC(=O)CN2C(=O)NC(C)(c3ccc(OC(F)(F)F)cc3)C2=O)cc1. The molecule has 2 N–H and O–H groups in total. The smallest absolute Gasteiger partial charge is 0.497 e. The molecule has 4 amide bonds. The van der Waals surface area contributed by atoms with Gasteiger partial charge in [0, 0.05) is 6.54 Å². The van der Waals surface area contributed by atoms with E-state index >= 15 is 0 Å². The van der Waals surface area contributed by atoms with Crippen molar-refractivity contribution >= 4 is 17.8 Å². The minimum Gasteiger partial charge on any atom is -0.497 e. The van der Waals surface area contributed by atoms with E-state index in [1.165, 1.54) is 26.2 Å². The first kappa shape index (κ1) is 22.9. The van der Waals surface area contributed by atoms with Gasteiger partial charge in [0.1, 0.15) is 23.6 Å². The number of nitrogens with zero attached hydrogens (tertiary/aromatic N) is 1. The molecule has 1 fully saturated rings. The molecule has 8 nitrogen and oxygen atoms in total. The molecule has 1 saturated heterocycles. The number of ether oxygens (including phenoxy) is 2. The van der Waals surface area contributed by atoms with Gasteiger partial charge in [-0.1, -0.05) is 24.3 Å². The van der Waals surface area contributed by atoms with Crippen molar-refractivity contribution in [3.63, 3.8) is 0 Å². The second-order valence-electron chi connectivity index (χ2n) is 7.14. The van der Waals surface area contributed by atoms with Gasteiger partial charge in [0.15, 0.2) is 0 Å². The molecule has 0 spiro atoms. The number of hydrogen-bond donors (Lipinski definition) is 2. The Balaban J connectivity index is 1.63. The van der Waals surface area contributed by atoms with Gasteiger partial charge in [-0.3, -0.25) is 14.5 Å². The van der Waals surface area contributed by atoms with Crippen LogP contribution in [0.3, 0.4) is 0 Å². The summed E-state index contributed by atoms with van der Waals surface area (Å²) < 4.78 is 45.8. The van der Waals surface area contributed by atoms with Crippen LogP contribution in [0.5, 0.6) is 11.5 Å². The van der Waals surface area contributed by atoms with Crippen LogP contribution < -0.4 is 20.1 Å². The molecule has 0 aromatic heterocycles. The van der Waals surface area contributed by atoms with Gasteiger partial charge in [-0.15, -0.1) is 13.2 Å². The van der Waals surface area contributed by atoms with Gasteiger partial charge >= 0.3 is 12.4 Å². The van der Waals surface area contributed by atoms with Crippen LogP contribution in [0.4, 0.5) is 18.0 Å². The topological polar surface area (TPSA) is 97.0 Å². The number of methoxy groups -OCH3 is 1. The maximum Gasteiger partial charge on any atom is 0.573 e. The lowest BCUT2D eigenvalue weighted by Gasteiger charge is -2.22. The maximum atomic E-state index is 12.9. The summed E-state index contributed by atoms with van der Waals surface area (Å²) in [5.41, 5.74) is -0.502. The van der Waals surface area contributed by atoms with Crippen LogP contribution in [0.15, 0.2) is 48.5 Å². The fourth-order valence-corrected chi connectivity index (χ4v) is 3.17. The average Bonchev–Trinajstić information content (AvgIpc) is 2.96. The molecule has 0 saturated carbocycles. The minimum atomic E-state index is -4.85. The lowest BCUT2D eigenvalue weighted by Crippen LogP contribution is -2.43. The summed E-state index contributed by atoms with van der Waals surface area (Å²) in [5.74, 6) is -1.05. The standard InChI is InChI=1S/C21H20F3N3O5/c1-20(14-5-9-16(10-6-14)32-21(22,23)24)18(29)27(19(30)26-20)12-17(28)25-11-13-3-7-15(31-2)8-4-13/h3-10H,11-12H2,1-2H3,(H,25,28)(H,26,30). The van der Waals surface area contributed by atoms with E-state index in [-0.39, 0.29) is 12.1 Å². The first-order valence-corrected chi connectivity index (χ1v) is 9.42. The van der Waals surface area contributed by atoms with Crippen molar-refractivity contribution in [1.29, 1.82) is 0 Å². The fourth-order valence-electron chi connectivity index (χ4n) is 3.17. The van der Waals surface area contributed by atoms with Crippen molar-refractivity contribution in [2.75, 3.05) is 13.7 Å². The van der Waals surface area contributed by atoms with Crippen LogP contribution in [-0.2, 0) is 21.7 Å². The Morgan fingerprint density at radius 3 is 2.22 bits per heavy atom. The molecular weight excluding hydrogens is 431 g/mol. The molecule has 1 heterocycles. The third-order valence-electron chi connectivity index (χ3n) is 4.89. The first-order chi connectivity index (χ1) is 15.0. The van der Waals surface area contributed by atoms with E-state index in [9.17, 15) is 27.6 Å². The molecule has 0 bridgehead atoms. The highest BCUT2D eigenvalue weighted by Gasteiger charge is 2.49. The van der Waals surface area contributed by atoms with E-state index in [0.717, 1.165) is 22.6 Å². The quantitative estimate of drug-likeness (QED) is 0.631. The largest absolute Gasteiger partial charge is 0.573 e. The second-order valence-corrected chi connectivity index (χ2v) is 7.14. The predicted molar refractivity (Wildman–Crippen MR) is 106 cm³/mol. The van der Waals surface area contributed by atoms with E-state index in [2.05, 4.69) is 15.4 Å². The van der Waals surface area contributed by atoms with Crippen molar-refractivity contribution in [2.45, 2.75) is 25.4 Å². The zero-order chi connectivity index (χ0) is 23.5. The zero-order valence-electron chi connectivity index (χ0n) is 17.2. The van der Waals surface area contributed by atoms with Gasteiger partial charge in [-0.05, 0) is 42.3 Å². The molecule has 3 rings (SSSR count). The van der Waals surface area contributed by atoms with Crippen LogP contribution in [0.2, 0.25) is 0 Å². The third kappa shape index (κ3) is 5.10. The minimum absolute atomic E-state index is 0.185. The molecule has 0 radical (unpaired) electrons. The third-order valence-corrected chi connectivity index (χ3v) is 4.89. The highest BCUT2D eigenvalue weighted by Crippen LogP contribution is 2.31. The first-order valence-electron chi connectivity index (χ1n) is 9.42. The monoisotopic (exact) mass is 451 g/mol. The van der Waals surface area contributed by atoms with Gasteiger partial charge in [0.25, 0.3) is 5.91 Å². The molecule has 1 atom stereocenters. The number of urea groups is 1. The van der Waals surface area contributed by atoms with E-state index in [1.54, 1.807) is 24.3 Å².